The van der Waals surface area contributed by atoms with E-state index in [0.717, 1.165) is 17.8 Å². The van der Waals surface area contributed by atoms with Gasteiger partial charge in [0.1, 0.15) is 5.01 Å². The zero-order chi connectivity index (χ0) is 15.2. The van der Waals surface area contributed by atoms with Crippen molar-refractivity contribution in [2.24, 2.45) is 11.7 Å². The van der Waals surface area contributed by atoms with Gasteiger partial charge in [0.25, 0.3) is 0 Å². The van der Waals surface area contributed by atoms with Crippen LogP contribution in [0.2, 0.25) is 0 Å². The topological polar surface area (TPSA) is 101 Å². The molecule has 0 saturated carbocycles. The van der Waals surface area contributed by atoms with Crippen molar-refractivity contribution >= 4 is 28.4 Å². The maximum atomic E-state index is 12.1. The Morgan fingerprint density at radius 1 is 1.43 bits per heavy atom. The first-order valence-electron chi connectivity index (χ1n) is 7.27. The van der Waals surface area contributed by atoms with E-state index in [4.69, 9.17) is 5.73 Å². The van der Waals surface area contributed by atoms with Crippen LogP contribution in [-0.4, -0.2) is 40.1 Å². The highest BCUT2D eigenvalue weighted by Gasteiger charge is 2.30. The van der Waals surface area contributed by atoms with Crippen LogP contribution in [0, 0.1) is 5.92 Å². The number of nitrogens with zero attached hydrogens (tertiary/aromatic N) is 3. The minimum absolute atomic E-state index is 0.241. The standard InChI is InChI=1S/C13H21N5O2S/c1-2-3-4-5-10-16-17-12(21-10)15-13(20)18-7-6-9(8-18)11(14)19/h9H,2-8H2,1H3,(H2,14,19)(H,15,17,20)/t9-/m1/s1. The van der Waals surface area contributed by atoms with E-state index in [1.807, 2.05) is 0 Å². The Labute approximate surface area is 127 Å². The molecule has 1 saturated heterocycles. The number of anilines is 1. The lowest BCUT2D eigenvalue weighted by Crippen LogP contribution is -2.34. The van der Waals surface area contributed by atoms with E-state index in [-0.39, 0.29) is 17.9 Å². The first-order valence-corrected chi connectivity index (χ1v) is 8.09. The van der Waals surface area contributed by atoms with E-state index in [1.54, 1.807) is 4.90 Å². The number of carbonyl (C=O) groups excluding carboxylic acids is 2. The summed E-state index contributed by atoms with van der Waals surface area (Å²) in [6.45, 7) is 3.08. The number of aromatic nitrogens is 2. The summed E-state index contributed by atoms with van der Waals surface area (Å²) in [5, 5.41) is 12.2. The molecule has 0 radical (unpaired) electrons. The number of aryl methyl sites for hydroxylation is 1. The van der Waals surface area contributed by atoms with Crippen LogP contribution in [0.15, 0.2) is 0 Å². The van der Waals surface area contributed by atoms with Gasteiger partial charge in [-0.3, -0.25) is 10.1 Å². The van der Waals surface area contributed by atoms with Crippen molar-refractivity contribution in [1.82, 2.24) is 15.1 Å². The zero-order valence-corrected chi connectivity index (χ0v) is 13.0. The van der Waals surface area contributed by atoms with E-state index in [0.29, 0.717) is 24.6 Å². The molecular weight excluding hydrogens is 290 g/mol. The van der Waals surface area contributed by atoms with Crippen molar-refractivity contribution in [3.05, 3.63) is 5.01 Å². The summed E-state index contributed by atoms with van der Waals surface area (Å²) in [7, 11) is 0. The van der Waals surface area contributed by atoms with Crippen LogP contribution in [0.3, 0.4) is 0 Å². The van der Waals surface area contributed by atoms with Gasteiger partial charge in [-0.25, -0.2) is 4.79 Å². The second kappa shape index (κ2) is 7.35. The maximum Gasteiger partial charge on any atom is 0.323 e. The molecule has 1 atom stereocenters. The van der Waals surface area contributed by atoms with Crippen LogP contribution in [0.1, 0.15) is 37.6 Å². The molecule has 3 amide bonds. The number of likely N-dealkylation sites (tertiary alicyclic amines) is 1. The number of nitrogens with two attached hydrogens (primary N) is 1. The van der Waals surface area contributed by atoms with Crippen LogP contribution >= 0.6 is 11.3 Å². The first kappa shape index (κ1) is 15.7. The fourth-order valence-corrected chi connectivity index (χ4v) is 3.05. The number of urea groups is 1. The van der Waals surface area contributed by atoms with Crippen LogP contribution in [-0.2, 0) is 11.2 Å². The molecule has 0 unspecified atom stereocenters. The van der Waals surface area contributed by atoms with Crippen molar-refractivity contribution in [3.8, 4) is 0 Å². The molecule has 2 rings (SSSR count). The number of carbonyl (C=O) groups is 2. The molecule has 0 bridgehead atoms. The van der Waals surface area contributed by atoms with Gasteiger partial charge >= 0.3 is 6.03 Å². The highest BCUT2D eigenvalue weighted by Crippen LogP contribution is 2.20. The molecule has 3 N–H and O–H groups in total. The molecule has 0 spiro atoms. The van der Waals surface area contributed by atoms with Crippen molar-refractivity contribution in [3.63, 3.8) is 0 Å². The molecule has 2 heterocycles. The molecule has 21 heavy (non-hydrogen) atoms. The van der Waals surface area contributed by atoms with Gasteiger partial charge in [-0.2, -0.15) is 0 Å². The number of primary amides is 1. The smallest absolute Gasteiger partial charge is 0.323 e. The highest BCUT2D eigenvalue weighted by molar-refractivity contribution is 7.15. The number of rotatable bonds is 6. The maximum absolute atomic E-state index is 12.1. The molecule has 1 aliphatic heterocycles. The second-order valence-electron chi connectivity index (χ2n) is 5.22. The Bertz CT molecular complexity index is 505. The molecule has 1 fully saturated rings. The summed E-state index contributed by atoms with van der Waals surface area (Å²) in [4.78, 5) is 24.7. The Morgan fingerprint density at radius 2 is 2.24 bits per heavy atom. The fourth-order valence-electron chi connectivity index (χ4n) is 2.28. The summed E-state index contributed by atoms with van der Waals surface area (Å²) in [5.74, 6) is -0.589. The van der Waals surface area contributed by atoms with E-state index in [2.05, 4.69) is 22.4 Å². The minimum Gasteiger partial charge on any atom is -0.369 e. The second-order valence-corrected chi connectivity index (χ2v) is 6.28. The lowest BCUT2D eigenvalue weighted by atomic mass is 10.1. The summed E-state index contributed by atoms with van der Waals surface area (Å²) < 4.78 is 0. The Morgan fingerprint density at radius 3 is 2.90 bits per heavy atom. The molecular formula is C13H21N5O2S. The number of hydrogen-bond acceptors (Lipinski definition) is 5. The van der Waals surface area contributed by atoms with Crippen LogP contribution in [0.25, 0.3) is 0 Å². The first-order chi connectivity index (χ1) is 10.1. The predicted molar refractivity (Wildman–Crippen MR) is 81.0 cm³/mol. The van der Waals surface area contributed by atoms with Crippen LogP contribution < -0.4 is 11.1 Å². The number of nitrogens with one attached hydrogen (secondary N) is 1. The van der Waals surface area contributed by atoms with Gasteiger partial charge in [0, 0.05) is 19.5 Å². The fraction of sp³-hybridized carbons (Fsp3) is 0.692. The third-order valence-corrected chi connectivity index (χ3v) is 4.45. The normalized spacial score (nSPS) is 18.0. The Balaban J connectivity index is 1.82. The van der Waals surface area contributed by atoms with Gasteiger partial charge in [0.15, 0.2) is 0 Å². The van der Waals surface area contributed by atoms with Crippen molar-refractivity contribution in [1.29, 1.82) is 0 Å². The minimum atomic E-state index is -0.348. The zero-order valence-electron chi connectivity index (χ0n) is 12.2. The van der Waals surface area contributed by atoms with E-state index >= 15 is 0 Å². The van der Waals surface area contributed by atoms with Gasteiger partial charge in [-0.05, 0) is 12.8 Å². The van der Waals surface area contributed by atoms with E-state index in [1.165, 1.54) is 24.2 Å². The van der Waals surface area contributed by atoms with Crippen LogP contribution in [0.4, 0.5) is 9.93 Å². The average Bonchev–Trinajstić information content (AvgIpc) is 3.08. The summed E-state index contributed by atoms with van der Waals surface area (Å²) >= 11 is 1.41. The van der Waals surface area contributed by atoms with Gasteiger partial charge in [-0.1, -0.05) is 31.1 Å². The largest absolute Gasteiger partial charge is 0.369 e. The van der Waals surface area contributed by atoms with E-state index < -0.39 is 0 Å². The molecule has 1 aromatic rings. The lowest BCUT2D eigenvalue weighted by molar-refractivity contribution is -0.121. The lowest BCUT2D eigenvalue weighted by Gasteiger charge is -2.15. The number of hydrogen-bond donors (Lipinski definition) is 2. The predicted octanol–water partition coefficient (Wildman–Crippen LogP) is 1.61. The van der Waals surface area contributed by atoms with Crippen molar-refractivity contribution < 1.29 is 9.59 Å². The monoisotopic (exact) mass is 311 g/mol. The van der Waals surface area contributed by atoms with E-state index in [9.17, 15) is 9.59 Å². The molecule has 8 heteroatoms. The van der Waals surface area contributed by atoms with Gasteiger partial charge < -0.3 is 10.6 Å². The molecule has 0 aliphatic carbocycles. The SMILES string of the molecule is CCCCCc1nnc(NC(=O)N2CC[C@@H](C(N)=O)C2)s1. The molecule has 0 aromatic carbocycles. The number of unbranched alkanes of at least 4 members (excludes halogenated alkanes) is 2. The van der Waals surface area contributed by atoms with Gasteiger partial charge in [0.05, 0.1) is 5.92 Å². The number of amides is 3. The third kappa shape index (κ3) is 4.38. The average molecular weight is 311 g/mol. The molecule has 116 valence electrons. The quantitative estimate of drug-likeness (QED) is 0.779. The Hall–Kier alpha value is -1.70. The summed E-state index contributed by atoms with van der Waals surface area (Å²) in [5.41, 5.74) is 5.26. The summed E-state index contributed by atoms with van der Waals surface area (Å²) in [6, 6.07) is -0.241. The third-order valence-electron chi connectivity index (χ3n) is 3.55. The molecule has 7 nitrogen and oxygen atoms in total. The van der Waals surface area contributed by atoms with Crippen molar-refractivity contribution in [2.75, 3.05) is 18.4 Å². The van der Waals surface area contributed by atoms with Gasteiger partial charge in [-0.15, -0.1) is 10.2 Å². The Kier molecular flexibility index (Phi) is 5.49. The van der Waals surface area contributed by atoms with Crippen molar-refractivity contribution in [2.45, 2.75) is 39.0 Å². The van der Waals surface area contributed by atoms with Crippen LogP contribution in [0.5, 0.6) is 0 Å². The molecule has 1 aliphatic rings. The van der Waals surface area contributed by atoms with Gasteiger partial charge in [0.2, 0.25) is 11.0 Å². The molecule has 1 aromatic heterocycles. The highest BCUT2D eigenvalue weighted by atomic mass is 32.1. The summed E-state index contributed by atoms with van der Waals surface area (Å²) in [6.07, 6.45) is 4.95.